The zero-order chi connectivity index (χ0) is 0. The van der Waals surface area contributed by atoms with Gasteiger partial charge in [-0.05, 0) is 0 Å². The van der Waals surface area contributed by atoms with Crippen LogP contribution in [0.2, 0.25) is 0 Å². The van der Waals surface area contributed by atoms with Crippen LogP contribution in [0.3, 0.4) is 0 Å². The van der Waals surface area contributed by atoms with Gasteiger partial charge in [-0.3, -0.25) is 0 Å². The molecule has 0 saturated heterocycles. The fourth-order valence-electron chi connectivity index (χ4n) is 0. The van der Waals surface area contributed by atoms with Crippen LogP contribution in [0.25, 0.3) is 6.15 Å². The Bertz CT molecular complexity index is 6.85. The van der Waals surface area contributed by atoms with Crippen LogP contribution in [0.15, 0.2) is 0 Å². The largest absolute Gasteiger partial charge is 1.00 e. The van der Waals surface area contributed by atoms with Crippen LogP contribution in [0.4, 0.5) is 0 Å². The summed E-state index contributed by atoms with van der Waals surface area (Å²) in [5.41, 5.74) is 0. The molecule has 0 unspecified atom stereocenters. The maximum Gasteiger partial charge on any atom is 1.00 e. The Morgan fingerprint density at radius 3 is 0.600 bits per heavy atom. The summed E-state index contributed by atoms with van der Waals surface area (Å²) in [5.74, 6) is 0. The van der Waals surface area contributed by atoms with Crippen molar-refractivity contribution in [3.8, 4) is 0 Å². The first-order valence-electron chi connectivity index (χ1n) is 0. The van der Waals surface area contributed by atoms with E-state index in [4.69, 9.17) is 0 Å². The minimum Gasteiger partial charge on any atom is -0.693 e. The van der Waals surface area contributed by atoms with Gasteiger partial charge in [-0.25, -0.2) is 0 Å². The van der Waals surface area contributed by atoms with E-state index >= 15 is 0 Å². The maximum atomic E-state index is 0. The average molecular weight is 71.1 g/mol. The summed E-state index contributed by atoms with van der Waals surface area (Å²) >= 11 is 0. The van der Waals surface area contributed by atoms with Gasteiger partial charge >= 0.3 is 18.9 Å². The fraction of sp³-hybridized carbons (Fsp3) is 1.00. The zero-order valence-corrected chi connectivity index (χ0v) is 1.58. The second-order valence-corrected chi connectivity index (χ2v) is 0. The summed E-state index contributed by atoms with van der Waals surface area (Å²) in [7, 11) is 0. The molecular weight excluding hydrogens is 57.0 g/mol. The van der Waals surface area contributed by atoms with Crippen molar-refractivity contribution in [2.75, 3.05) is 0 Å². The zero-order valence-electron chi connectivity index (χ0n) is 1.58. The minimum absolute atomic E-state index is 0. The van der Waals surface area contributed by atoms with Crippen molar-refractivity contribution in [1.29, 1.82) is 0 Å². The average Bonchev–Trinajstić information content (AvgIpc) is 0. The summed E-state index contributed by atoms with van der Waals surface area (Å²) < 4.78 is 0. The molecular formula is C3H14LiN. The molecule has 0 radical (unpaired) electrons. The standard InChI is InChI=1S/3CH4.Li.H2N/h3*1H4;;1H2/q;;;+1;-1. The first-order chi connectivity index (χ1) is 0. The van der Waals surface area contributed by atoms with Crippen molar-refractivity contribution in [3.63, 3.8) is 0 Å². The van der Waals surface area contributed by atoms with Gasteiger partial charge in [0.25, 0.3) is 0 Å². The van der Waals surface area contributed by atoms with Gasteiger partial charge in [0.15, 0.2) is 0 Å². The first kappa shape index (κ1) is 372. The fourth-order valence-corrected chi connectivity index (χ4v) is 0. The molecule has 0 amide bonds. The van der Waals surface area contributed by atoms with Crippen LogP contribution in [0.1, 0.15) is 22.3 Å². The van der Waals surface area contributed by atoms with Crippen molar-refractivity contribution in [3.05, 3.63) is 6.15 Å². The van der Waals surface area contributed by atoms with E-state index < -0.39 is 0 Å². The molecule has 0 heterocycles. The van der Waals surface area contributed by atoms with Gasteiger partial charge in [0, 0.05) is 0 Å². The number of rotatable bonds is 0. The van der Waals surface area contributed by atoms with Crippen molar-refractivity contribution < 1.29 is 18.9 Å². The van der Waals surface area contributed by atoms with E-state index in [9.17, 15) is 0 Å². The molecule has 2 heteroatoms. The third-order valence-corrected chi connectivity index (χ3v) is 0. The van der Waals surface area contributed by atoms with E-state index in [2.05, 4.69) is 0 Å². The molecule has 0 fully saturated rings. The molecule has 0 aliphatic rings. The molecule has 5 heavy (non-hydrogen) atoms. The Labute approximate surface area is 47.9 Å². The molecule has 32 valence electrons. The summed E-state index contributed by atoms with van der Waals surface area (Å²) in [6.45, 7) is 0. The molecule has 0 aromatic heterocycles. The second kappa shape index (κ2) is 186. The normalized spacial score (nSPS) is 0. The van der Waals surface area contributed by atoms with Crippen LogP contribution in [0, 0.1) is 0 Å². The molecule has 2 N–H and O–H groups in total. The summed E-state index contributed by atoms with van der Waals surface area (Å²) in [5, 5.41) is 0. The number of hydrogen-bond donors (Lipinski definition) is 0. The van der Waals surface area contributed by atoms with E-state index in [1.54, 1.807) is 0 Å². The molecule has 0 bridgehead atoms. The van der Waals surface area contributed by atoms with Crippen molar-refractivity contribution in [2.45, 2.75) is 22.3 Å². The Balaban J connectivity index is 0. The van der Waals surface area contributed by atoms with Crippen LogP contribution in [-0.4, -0.2) is 0 Å². The van der Waals surface area contributed by atoms with Gasteiger partial charge < -0.3 is 6.15 Å². The first-order valence-corrected chi connectivity index (χ1v) is 0. The van der Waals surface area contributed by atoms with Crippen molar-refractivity contribution in [2.24, 2.45) is 0 Å². The van der Waals surface area contributed by atoms with Gasteiger partial charge in [0.2, 0.25) is 0 Å². The monoisotopic (exact) mass is 71.1 g/mol. The van der Waals surface area contributed by atoms with Crippen molar-refractivity contribution in [1.82, 2.24) is 0 Å². The third kappa shape index (κ3) is 95.9. The SMILES string of the molecule is C.C.C.[Li+].[NH2-]. The Kier molecular flexibility index (Phi) is 13800. The van der Waals surface area contributed by atoms with Crippen LogP contribution < -0.4 is 18.9 Å². The second-order valence-electron chi connectivity index (χ2n) is 0. The smallest absolute Gasteiger partial charge is 0.693 e. The van der Waals surface area contributed by atoms with E-state index in [0.717, 1.165) is 0 Å². The molecule has 0 aromatic carbocycles. The minimum atomic E-state index is 0. The van der Waals surface area contributed by atoms with Crippen LogP contribution in [-0.2, 0) is 0 Å². The molecule has 0 atom stereocenters. The van der Waals surface area contributed by atoms with Crippen molar-refractivity contribution >= 4 is 0 Å². The molecule has 0 saturated carbocycles. The Hall–Kier alpha value is 0.557. The molecule has 0 aliphatic carbocycles. The predicted molar refractivity (Wildman–Crippen MR) is 25.5 cm³/mol. The molecule has 0 aliphatic heterocycles. The van der Waals surface area contributed by atoms with Gasteiger partial charge in [0.1, 0.15) is 0 Å². The van der Waals surface area contributed by atoms with Gasteiger partial charge in [-0.15, -0.1) is 0 Å². The Morgan fingerprint density at radius 1 is 0.600 bits per heavy atom. The van der Waals surface area contributed by atoms with E-state index in [1.165, 1.54) is 0 Å². The van der Waals surface area contributed by atoms with Gasteiger partial charge in [-0.2, -0.15) is 0 Å². The number of hydrogen-bond acceptors (Lipinski definition) is 0. The quantitative estimate of drug-likeness (QED) is 0.349. The topological polar surface area (TPSA) is 33.5 Å². The van der Waals surface area contributed by atoms with Gasteiger partial charge in [0.05, 0.1) is 0 Å². The summed E-state index contributed by atoms with van der Waals surface area (Å²) in [4.78, 5) is 0. The van der Waals surface area contributed by atoms with E-state index in [-0.39, 0.29) is 47.3 Å². The summed E-state index contributed by atoms with van der Waals surface area (Å²) in [6.07, 6.45) is 0. The van der Waals surface area contributed by atoms with E-state index in [0.29, 0.717) is 0 Å². The third-order valence-electron chi connectivity index (χ3n) is 0. The summed E-state index contributed by atoms with van der Waals surface area (Å²) in [6, 6.07) is 0. The molecule has 0 aromatic rings. The molecule has 0 rings (SSSR count). The van der Waals surface area contributed by atoms with Gasteiger partial charge in [-0.1, -0.05) is 22.3 Å². The Morgan fingerprint density at radius 2 is 0.600 bits per heavy atom. The van der Waals surface area contributed by atoms with E-state index in [1.807, 2.05) is 0 Å². The molecule has 1 nitrogen and oxygen atoms in total. The van der Waals surface area contributed by atoms with Crippen LogP contribution >= 0.6 is 0 Å². The van der Waals surface area contributed by atoms with Crippen LogP contribution in [0.5, 0.6) is 0 Å². The predicted octanol–water partition coefficient (Wildman–Crippen LogP) is -0.371. The molecule has 0 spiro atoms. The maximum absolute atomic E-state index is 0. The number of nitrogens with two attached hydrogens (primary N) is 1.